The minimum absolute atomic E-state index is 0.0931. The first kappa shape index (κ1) is 17.2. The Labute approximate surface area is 135 Å². The molecule has 1 atom stereocenters. The lowest BCUT2D eigenvalue weighted by Gasteiger charge is -2.21. The van der Waals surface area contributed by atoms with E-state index < -0.39 is 0 Å². The molecular formula is C16H23N3O4. The molecule has 23 heavy (non-hydrogen) atoms. The first-order valence-electron chi connectivity index (χ1n) is 7.73. The summed E-state index contributed by atoms with van der Waals surface area (Å²) in [5.74, 6) is 0.636. The molecule has 1 aliphatic heterocycles. The number of nitrogens with zero attached hydrogens (tertiary/aromatic N) is 2. The molecule has 0 aliphatic carbocycles. The van der Waals surface area contributed by atoms with E-state index in [9.17, 15) is 9.59 Å². The van der Waals surface area contributed by atoms with Crippen molar-refractivity contribution in [3.8, 4) is 0 Å². The van der Waals surface area contributed by atoms with E-state index in [4.69, 9.17) is 9.15 Å². The van der Waals surface area contributed by atoms with Crippen LogP contribution in [-0.4, -0.2) is 42.8 Å². The Kier molecular flexibility index (Phi) is 5.92. The van der Waals surface area contributed by atoms with Gasteiger partial charge in [-0.25, -0.2) is 5.01 Å². The monoisotopic (exact) mass is 321 g/mol. The molecule has 126 valence electrons. The van der Waals surface area contributed by atoms with E-state index in [0.717, 1.165) is 0 Å². The van der Waals surface area contributed by atoms with Crippen LogP contribution in [0.25, 0.3) is 0 Å². The summed E-state index contributed by atoms with van der Waals surface area (Å²) in [5.41, 5.74) is 0.340. The molecule has 0 radical (unpaired) electrons. The minimum atomic E-state index is -0.387. The third-order valence-electron chi connectivity index (χ3n) is 3.40. The highest BCUT2D eigenvalue weighted by atomic mass is 16.5. The molecule has 7 heteroatoms. The van der Waals surface area contributed by atoms with Crippen molar-refractivity contribution < 1.29 is 18.7 Å². The van der Waals surface area contributed by atoms with E-state index in [1.165, 1.54) is 5.01 Å². The largest absolute Gasteiger partial charge is 0.467 e. The Morgan fingerprint density at radius 3 is 2.83 bits per heavy atom. The maximum absolute atomic E-state index is 12.4. The summed E-state index contributed by atoms with van der Waals surface area (Å²) >= 11 is 0. The quantitative estimate of drug-likeness (QED) is 0.828. The van der Waals surface area contributed by atoms with E-state index in [0.29, 0.717) is 37.0 Å². The maximum atomic E-state index is 12.4. The second-order valence-corrected chi connectivity index (χ2v) is 5.94. The van der Waals surface area contributed by atoms with Gasteiger partial charge in [0.2, 0.25) is 5.91 Å². The van der Waals surface area contributed by atoms with E-state index in [2.05, 4.69) is 24.3 Å². The van der Waals surface area contributed by atoms with E-state index in [-0.39, 0.29) is 24.3 Å². The predicted molar refractivity (Wildman–Crippen MR) is 84.7 cm³/mol. The van der Waals surface area contributed by atoms with Gasteiger partial charge in [-0.15, -0.1) is 0 Å². The number of rotatable bonds is 7. The Morgan fingerprint density at radius 1 is 1.43 bits per heavy atom. The normalized spacial score (nSPS) is 16.4. The van der Waals surface area contributed by atoms with Gasteiger partial charge in [-0.2, -0.15) is 5.10 Å². The molecule has 1 N–H and O–H groups in total. The third-order valence-corrected chi connectivity index (χ3v) is 3.40. The number of nitrogens with one attached hydrogen (secondary N) is 1. The van der Waals surface area contributed by atoms with Crippen molar-refractivity contribution in [2.45, 2.75) is 32.7 Å². The molecular weight excluding hydrogens is 298 g/mol. The number of furan rings is 1. The minimum Gasteiger partial charge on any atom is -0.467 e. The van der Waals surface area contributed by atoms with Crippen molar-refractivity contribution in [1.29, 1.82) is 0 Å². The maximum Gasteiger partial charge on any atom is 0.268 e. The van der Waals surface area contributed by atoms with Crippen LogP contribution < -0.4 is 5.32 Å². The lowest BCUT2D eigenvalue weighted by atomic mass is 10.1. The number of ether oxygens (including phenoxy) is 1. The Morgan fingerprint density at radius 2 is 2.22 bits per heavy atom. The molecule has 1 aliphatic rings. The average molecular weight is 321 g/mol. The van der Waals surface area contributed by atoms with E-state index >= 15 is 0 Å². The number of hydrazone groups is 1. The van der Waals surface area contributed by atoms with Gasteiger partial charge in [0.1, 0.15) is 17.5 Å². The van der Waals surface area contributed by atoms with Gasteiger partial charge in [-0.1, -0.05) is 13.8 Å². The van der Waals surface area contributed by atoms with Crippen molar-refractivity contribution in [3.05, 3.63) is 24.2 Å². The van der Waals surface area contributed by atoms with Crippen molar-refractivity contribution in [3.63, 3.8) is 0 Å². The van der Waals surface area contributed by atoms with E-state index in [1.54, 1.807) is 25.4 Å². The van der Waals surface area contributed by atoms with Gasteiger partial charge in [-0.3, -0.25) is 9.59 Å². The van der Waals surface area contributed by atoms with Crippen LogP contribution in [-0.2, 0) is 14.3 Å². The fraction of sp³-hybridized carbons (Fsp3) is 0.562. The number of carbonyl (C=O) groups excluding carboxylic acids is 2. The first-order chi connectivity index (χ1) is 11.0. The van der Waals surface area contributed by atoms with Gasteiger partial charge in [0.25, 0.3) is 5.91 Å². The van der Waals surface area contributed by atoms with E-state index in [1.807, 2.05) is 0 Å². The Hall–Kier alpha value is -2.15. The molecule has 0 saturated heterocycles. The highest BCUT2D eigenvalue weighted by molar-refractivity contribution is 6.39. The fourth-order valence-corrected chi connectivity index (χ4v) is 2.18. The summed E-state index contributed by atoms with van der Waals surface area (Å²) < 4.78 is 11.0. The summed E-state index contributed by atoms with van der Waals surface area (Å²) in [6.07, 6.45) is 2.19. The van der Waals surface area contributed by atoms with Gasteiger partial charge >= 0.3 is 0 Å². The van der Waals surface area contributed by atoms with Gasteiger partial charge < -0.3 is 14.5 Å². The van der Waals surface area contributed by atoms with Crippen LogP contribution in [0.2, 0.25) is 0 Å². The standard InChI is InChI=1S/C16H23N3O4/c1-11(2)9-22-10-13(14-5-4-8-23-14)17-16(21)12-6-7-15(20)19(3)18-12/h4-5,8,11,13H,6-7,9-10H2,1-3H3,(H,17,21)/t13-/m1/s1. The summed E-state index contributed by atoms with van der Waals surface area (Å²) in [5, 5.41) is 8.10. The van der Waals surface area contributed by atoms with Crippen LogP contribution in [0.3, 0.4) is 0 Å². The second-order valence-electron chi connectivity index (χ2n) is 5.94. The summed E-state index contributed by atoms with van der Waals surface area (Å²) in [6, 6.07) is 3.17. The molecule has 2 heterocycles. The van der Waals surface area contributed by atoms with Crippen LogP contribution >= 0.6 is 0 Å². The molecule has 2 amide bonds. The molecule has 0 fully saturated rings. The fourth-order valence-electron chi connectivity index (χ4n) is 2.18. The first-order valence-corrected chi connectivity index (χ1v) is 7.73. The highest BCUT2D eigenvalue weighted by Crippen LogP contribution is 2.15. The molecule has 0 bridgehead atoms. The SMILES string of the molecule is CC(C)COC[C@@H](NC(=O)C1=NN(C)C(=O)CC1)c1ccco1. The summed E-state index contributed by atoms with van der Waals surface area (Å²) in [7, 11) is 1.55. The van der Waals surface area contributed by atoms with Crippen molar-refractivity contribution in [1.82, 2.24) is 10.3 Å². The Bertz CT molecular complexity index is 566. The highest BCUT2D eigenvalue weighted by Gasteiger charge is 2.25. The third kappa shape index (κ3) is 4.92. The molecule has 0 aromatic carbocycles. The molecule has 0 saturated carbocycles. The van der Waals surface area contributed by atoms with Crippen LogP contribution in [0.4, 0.5) is 0 Å². The van der Waals surface area contributed by atoms with Crippen LogP contribution in [0.1, 0.15) is 38.5 Å². The molecule has 0 spiro atoms. The van der Waals surface area contributed by atoms with Gasteiger partial charge in [0.15, 0.2) is 0 Å². The zero-order chi connectivity index (χ0) is 16.8. The zero-order valence-corrected chi connectivity index (χ0v) is 13.7. The average Bonchev–Trinajstić information content (AvgIpc) is 3.02. The van der Waals surface area contributed by atoms with Gasteiger partial charge in [-0.05, 0) is 18.1 Å². The summed E-state index contributed by atoms with van der Waals surface area (Å²) in [6.45, 7) is 5.04. The molecule has 1 aromatic rings. The smallest absolute Gasteiger partial charge is 0.268 e. The number of hydrogen-bond donors (Lipinski definition) is 1. The second kappa shape index (κ2) is 7.92. The Balaban J connectivity index is 2.01. The van der Waals surface area contributed by atoms with Crippen LogP contribution in [0.15, 0.2) is 27.9 Å². The van der Waals surface area contributed by atoms with Crippen molar-refractivity contribution in [2.24, 2.45) is 11.0 Å². The van der Waals surface area contributed by atoms with Gasteiger partial charge in [0, 0.05) is 26.5 Å². The predicted octanol–water partition coefficient (Wildman–Crippen LogP) is 1.72. The summed E-state index contributed by atoms with van der Waals surface area (Å²) in [4.78, 5) is 23.8. The van der Waals surface area contributed by atoms with Crippen molar-refractivity contribution >= 4 is 17.5 Å². The number of carbonyl (C=O) groups is 2. The lowest BCUT2D eigenvalue weighted by Crippen LogP contribution is -2.40. The number of amides is 2. The number of hydrogen-bond acceptors (Lipinski definition) is 5. The molecule has 7 nitrogen and oxygen atoms in total. The van der Waals surface area contributed by atoms with Gasteiger partial charge in [0.05, 0.1) is 12.9 Å². The zero-order valence-electron chi connectivity index (χ0n) is 13.7. The topological polar surface area (TPSA) is 84.1 Å². The molecule has 1 aromatic heterocycles. The molecule has 0 unspecified atom stereocenters. The van der Waals surface area contributed by atoms with Crippen LogP contribution in [0, 0.1) is 5.92 Å². The van der Waals surface area contributed by atoms with Crippen molar-refractivity contribution in [2.75, 3.05) is 20.3 Å². The van der Waals surface area contributed by atoms with Crippen LogP contribution in [0.5, 0.6) is 0 Å². The molecule has 2 rings (SSSR count). The lowest BCUT2D eigenvalue weighted by molar-refractivity contribution is -0.130.